The van der Waals surface area contributed by atoms with Crippen molar-refractivity contribution in [2.45, 2.75) is 30.3 Å². The van der Waals surface area contributed by atoms with E-state index >= 15 is 0 Å². The number of aliphatic hydroxyl groups is 1. The molecule has 146 valence electrons. The van der Waals surface area contributed by atoms with Gasteiger partial charge in [0.05, 0.1) is 24.3 Å². The summed E-state index contributed by atoms with van der Waals surface area (Å²) in [5.74, 6) is 0.0885. The van der Waals surface area contributed by atoms with E-state index in [0.29, 0.717) is 22.6 Å². The van der Waals surface area contributed by atoms with Gasteiger partial charge in [-0.2, -0.15) is 0 Å². The van der Waals surface area contributed by atoms with Gasteiger partial charge in [0.2, 0.25) is 0 Å². The van der Waals surface area contributed by atoms with Crippen molar-refractivity contribution in [3.8, 4) is 17.0 Å². The van der Waals surface area contributed by atoms with Crippen LogP contribution in [0, 0.1) is 5.82 Å². The third-order valence-electron chi connectivity index (χ3n) is 4.97. The molecule has 0 aliphatic heterocycles. The van der Waals surface area contributed by atoms with Gasteiger partial charge in [-0.3, -0.25) is 0 Å². The number of hydrogen-bond donors (Lipinski definition) is 1. The highest BCUT2D eigenvalue weighted by Gasteiger charge is 2.35. The fraction of sp³-hybridized carbons (Fsp3) is 0.238. The van der Waals surface area contributed by atoms with Gasteiger partial charge in [0.25, 0.3) is 10.0 Å². The molecule has 0 bridgehead atoms. The Balaban J connectivity index is 2.03. The monoisotopic (exact) mass is 401 g/mol. The molecule has 2 aromatic carbocycles. The molecule has 1 N–H and O–H groups in total. The lowest BCUT2D eigenvalue weighted by Crippen LogP contribution is -2.14. The zero-order chi connectivity index (χ0) is 19.9. The average molecular weight is 401 g/mol. The van der Waals surface area contributed by atoms with Gasteiger partial charge < -0.3 is 9.84 Å². The summed E-state index contributed by atoms with van der Waals surface area (Å²) in [5, 5.41) is 9.89. The van der Waals surface area contributed by atoms with Gasteiger partial charge in [-0.15, -0.1) is 0 Å². The molecule has 1 aliphatic carbocycles. The van der Waals surface area contributed by atoms with Crippen LogP contribution >= 0.6 is 0 Å². The maximum Gasteiger partial charge on any atom is 0.268 e. The predicted octanol–water partition coefficient (Wildman–Crippen LogP) is 3.91. The Morgan fingerprint density at radius 3 is 2.57 bits per heavy atom. The van der Waals surface area contributed by atoms with Crippen LogP contribution in [0.1, 0.15) is 29.9 Å². The molecule has 1 aromatic heterocycles. The van der Waals surface area contributed by atoms with Crippen LogP contribution in [0.15, 0.2) is 59.6 Å². The first-order valence-electron chi connectivity index (χ1n) is 8.97. The number of aliphatic hydroxyl groups excluding tert-OH is 1. The summed E-state index contributed by atoms with van der Waals surface area (Å²) >= 11 is 0. The second kappa shape index (κ2) is 7.07. The zero-order valence-electron chi connectivity index (χ0n) is 15.3. The molecule has 5 nitrogen and oxygen atoms in total. The second-order valence-corrected chi connectivity index (χ2v) is 8.62. The number of para-hydroxylation sites is 1. The molecule has 0 radical (unpaired) electrons. The van der Waals surface area contributed by atoms with Crippen LogP contribution in [-0.4, -0.2) is 24.6 Å². The van der Waals surface area contributed by atoms with Crippen molar-refractivity contribution in [3.63, 3.8) is 0 Å². The highest BCUT2D eigenvalue weighted by molar-refractivity contribution is 7.90. The minimum absolute atomic E-state index is 0.148. The molecule has 0 spiro atoms. The molecule has 1 fully saturated rings. The first kappa shape index (κ1) is 18.7. The number of hydrogen-bond acceptors (Lipinski definition) is 4. The van der Waals surface area contributed by atoms with Crippen LogP contribution in [0.4, 0.5) is 4.39 Å². The Hall–Kier alpha value is -2.64. The largest absolute Gasteiger partial charge is 0.496 e. The molecule has 0 amide bonds. The fourth-order valence-corrected chi connectivity index (χ4v) is 4.98. The smallest absolute Gasteiger partial charge is 0.268 e. The average Bonchev–Trinajstić information content (AvgIpc) is 3.46. The van der Waals surface area contributed by atoms with Gasteiger partial charge in [0.1, 0.15) is 11.6 Å². The van der Waals surface area contributed by atoms with Crippen LogP contribution in [0.3, 0.4) is 0 Å². The Labute approximate surface area is 163 Å². The SMILES string of the molecule is COc1ccccc1-c1c(C2CC2)c(CO)cn1S(=O)(=O)c1cccc(F)c1. The lowest BCUT2D eigenvalue weighted by atomic mass is 10.0. The molecule has 0 saturated heterocycles. The summed E-state index contributed by atoms with van der Waals surface area (Å²) in [7, 11) is -2.55. The summed E-state index contributed by atoms with van der Waals surface area (Å²) in [6.07, 6.45) is 3.30. The highest BCUT2D eigenvalue weighted by atomic mass is 32.2. The Morgan fingerprint density at radius 2 is 1.93 bits per heavy atom. The molecule has 1 saturated carbocycles. The maximum atomic E-state index is 13.7. The van der Waals surface area contributed by atoms with Crippen molar-refractivity contribution < 1.29 is 22.7 Å². The van der Waals surface area contributed by atoms with E-state index in [1.54, 1.807) is 24.3 Å². The van der Waals surface area contributed by atoms with E-state index in [0.717, 1.165) is 28.4 Å². The van der Waals surface area contributed by atoms with Crippen molar-refractivity contribution >= 4 is 10.0 Å². The summed E-state index contributed by atoms with van der Waals surface area (Å²) in [6.45, 7) is -0.278. The quantitative estimate of drug-likeness (QED) is 0.680. The third-order valence-corrected chi connectivity index (χ3v) is 6.62. The Morgan fingerprint density at radius 1 is 1.18 bits per heavy atom. The van der Waals surface area contributed by atoms with E-state index in [1.807, 2.05) is 0 Å². The number of aromatic nitrogens is 1. The maximum absolute atomic E-state index is 13.7. The number of methoxy groups -OCH3 is 1. The zero-order valence-corrected chi connectivity index (χ0v) is 16.1. The number of halogens is 1. The van der Waals surface area contributed by atoms with Crippen LogP contribution in [-0.2, 0) is 16.6 Å². The predicted molar refractivity (Wildman–Crippen MR) is 103 cm³/mol. The minimum Gasteiger partial charge on any atom is -0.496 e. The molecule has 1 heterocycles. The topological polar surface area (TPSA) is 68.5 Å². The summed E-state index contributed by atoms with van der Waals surface area (Å²) < 4.78 is 47.1. The van der Waals surface area contributed by atoms with Crippen LogP contribution in [0.5, 0.6) is 5.75 Å². The molecule has 4 rings (SSSR count). The van der Waals surface area contributed by atoms with Gasteiger partial charge in [-0.1, -0.05) is 18.2 Å². The molecule has 1 aliphatic rings. The second-order valence-electron chi connectivity index (χ2n) is 6.81. The van der Waals surface area contributed by atoms with Crippen molar-refractivity contribution in [2.24, 2.45) is 0 Å². The van der Waals surface area contributed by atoms with Crippen molar-refractivity contribution in [3.05, 3.63) is 71.7 Å². The van der Waals surface area contributed by atoms with Crippen LogP contribution < -0.4 is 4.74 Å². The molecule has 28 heavy (non-hydrogen) atoms. The van der Waals surface area contributed by atoms with Gasteiger partial charge in [0, 0.05) is 17.3 Å². The molecular weight excluding hydrogens is 381 g/mol. The molecular formula is C21H20FNO4S. The summed E-state index contributed by atoms with van der Waals surface area (Å²) in [4.78, 5) is -0.148. The Kier molecular flexibility index (Phi) is 4.72. The van der Waals surface area contributed by atoms with Gasteiger partial charge in [-0.25, -0.2) is 16.8 Å². The van der Waals surface area contributed by atoms with Crippen LogP contribution in [0.2, 0.25) is 0 Å². The lowest BCUT2D eigenvalue weighted by Gasteiger charge is -2.15. The number of nitrogens with zero attached hydrogens (tertiary/aromatic N) is 1. The molecule has 7 heteroatoms. The van der Waals surface area contributed by atoms with Gasteiger partial charge >= 0.3 is 0 Å². The summed E-state index contributed by atoms with van der Waals surface area (Å²) in [6, 6.07) is 12.1. The van der Waals surface area contributed by atoms with Crippen LogP contribution in [0.25, 0.3) is 11.3 Å². The third kappa shape index (κ3) is 3.10. The van der Waals surface area contributed by atoms with E-state index in [9.17, 15) is 17.9 Å². The van der Waals surface area contributed by atoms with Crippen molar-refractivity contribution in [1.29, 1.82) is 0 Å². The van der Waals surface area contributed by atoms with E-state index in [-0.39, 0.29) is 17.4 Å². The van der Waals surface area contributed by atoms with E-state index in [1.165, 1.54) is 31.5 Å². The van der Waals surface area contributed by atoms with E-state index in [2.05, 4.69) is 0 Å². The first-order chi connectivity index (χ1) is 13.5. The number of ether oxygens (including phenoxy) is 1. The summed E-state index contributed by atoms with van der Waals surface area (Å²) in [5.41, 5.74) is 2.45. The normalized spacial score (nSPS) is 14.2. The fourth-order valence-electron chi connectivity index (χ4n) is 3.53. The molecule has 0 unspecified atom stereocenters. The molecule has 0 atom stereocenters. The van der Waals surface area contributed by atoms with Gasteiger partial charge in [0.15, 0.2) is 0 Å². The van der Waals surface area contributed by atoms with Gasteiger partial charge in [-0.05, 0) is 54.7 Å². The van der Waals surface area contributed by atoms with Crippen molar-refractivity contribution in [2.75, 3.05) is 7.11 Å². The molecule has 3 aromatic rings. The standard InChI is InChI=1S/C21H20FNO4S/c1-27-19-8-3-2-7-18(19)21-20(14-9-10-14)15(13-24)12-23(21)28(25,26)17-6-4-5-16(22)11-17/h2-8,11-12,14,24H,9-10,13H2,1H3. The first-order valence-corrected chi connectivity index (χ1v) is 10.4. The number of rotatable bonds is 6. The van der Waals surface area contributed by atoms with E-state index < -0.39 is 15.8 Å². The minimum atomic E-state index is -4.07. The lowest BCUT2D eigenvalue weighted by molar-refractivity contribution is 0.281. The number of benzene rings is 2. The Bertz CT molecular complexity index is 1130. The van der Waals surface area contributed by atoms with E-state index in [4.69, 9.17) is 4.74 Å². The van der Waals surface area contributed by atoms with Crippen molar-refractivity contribution in [1.82, 2.24) is 3.97 Å². The highest BCUT2D eigenvalue weighted by Crippen LogP contribution is 2.49.